The Morgan fingerprint density at radius 3 is 3.17 bits per heavy atom. The van der Waals surface area contributed by atoms with Crippen LogP contribution in [0.2, 0.25) is 0 Å². The minimum atomic E-state index is -0.00643. The molecule has 1 aromatic carbocycles. The van der Waals surface area contributed by atoms with Gasteiger partial charge in [0.25, 0.3) is 0 Å². The molecule has 0 spiro atoms. The number of hydrogen-bond donors (Lipinski definition) is 2. The van der Waals surface area contributed by atoms with Gasteiger partial charge in [0.2, 0.25) is 5.91 Å². The molecule has 0 fully saturated rings. The lowest BCUT2D eigenvalue weighted by atomic mass is 9.90. The van der Waals surface area contributed by atoms with Crippen LogP contribution in [0, 0.1) is 0 Å². The number of anilines is 1. The summed E-state index contributed by atoms with van der Waals surface area (Å²) in [5, 5.41) is 6.34. The third-order valence-corrected chi connectivity index (χ3v) is 3.25. The first-order valence-electron chi connectivity index (χ1n) is 6.54. The average Bonchev–Trinajstić information content (AvgIpc) is 2.43. The van der Waals surface area contributed by atoms with E-state index < -0.39 is 0 Å². The van der Waals surface area contributed by atoms with Crippen molar-refractivity contribution in [2.75, 3.05) is 18.4 Å². The second-order valence-corrected chi connectivity index (χ2v) is 4.50. The highest BCUT2D eigenvalue weighted by molar-refractivity contribution is 5.86. The molecule has 3 nitrogen and oxygen atoms in total. The molecule has 18 heavy (non-hydrogen) atoms. The Labute approximate surface area is 108 Å². The summed E-state index contributed by atoms with van der Waals surface area (Å²) in [6, 6.07) is 8.07. The molecule has 0 radical (unpaired) electrons. The highest BCUT2D eigenvalue weighted by Gasteiger charge is 2.25. The topological polar surface area (TPSA) is 41.1 Å². The molecule has 2 N–H and O–H groups in total. The molecule has 1 aliphatic heterocycles. The lowest BCUT2D eigenvalue weighted by molar-refractivity contribution is -0.122. The first-order chi connectivity index (χ1) is 8.83. The fourth-order valence-electron chi connectivity index (χ4n) is 2.31. The van der Waals surface area contributed by atoms with Gasteiger partial charge in [-0.15, -0.1) is 0 Å². The smallest absolute Gasteiger partial charge is 0.227 e. The summed E-state index contributed by atoms with van der Waals surface area (Å²) >= 11 is 0. The Balaban J connectivity index is 1.99. The third-order valence-electron chi connectivity index (χ3n) is 3.25. The van der Waals surface area contributed by atoms with Crippen molar-refractivity contribution in [3.63, 3.8) is 0 Å². The summed E-state index contributed by atoms with van der Waals surface area (Å²) in [7, 11) is 0. The predicted octanol–water partition coefficient (Wildman–Crippen LogP) is 2.67. The number of carbonyl (C=O) groups is 1. The summed E-state index contributed by atoms with van der Waals surface area (Å²) in [6.45, 7) is 3.57. The van der Waals surface area contributed by atoms with Crippen LogP contribution >= 0.6 is 0 Å². The van der Waals surface area contributed by atoms with Crippen LogP contribution in [0.3, 0.4) is 0 Å². The number of rotatable bonds is 4. The van der Waals surface area contributed by atoms with Crippen molar-refractivity contribution in [3.05, 3.63) is 42.0 Å². The first kappa shape index (κ1) is 12.7. The van der Waals surface area contributed by atoms with E-state index >= 15 is 0 Å². The van der Waals surface area contributed by atoms with Gasteiger partial charge >= 0.3 is 0 Å². The number of fused-ring (bicyclic) bond motifs is 1. The zero-order valence-electron chi connectivity index (χ0n) is 10.8. The molecule has 2 rings (SSSR count). The van der Waals surface area contributed by atoms with Gasteiger partial charge < -0.3 is 10.6 Å². The molecule has 96 valence electrons. The molecule has 0 aliphatic carbocycles. The van der Waals surface area contributed by atoms with E-state index in [1.165, 1.54) is 0 Å². The molecule has 0 aromatic heterocycles. The molecule has 1 heterocycles. The van der Waals surface area contributed by atoms with Gasteiger partial charge in [-0.2, -0.15) is 0 Å². The number of amides is 1. The number of para-hydroxylation sites is 1. The van der Waals surface area contributed by atoms with Crippen molar-refractivity contribution in [1.29, 1.82) is 0 Å². The van der Waals surface area contributed by atoms with Crippen molar-refractivity contribution in [3.8, 4) is 0 Å². The second kappa shape index (κ2) is 6.24. The van der Waals surface area contributed by atoms with Crippen molar-refractivity contribution in [2.24, 2.45) is 0 Å². The van der Waals surface area contributed by atoms with Crippen LogP contribution in [-0.4, -0.2) is 19.0 Å². The van der Waals surface area contributed by atoms with Crippen LogP contribution in [0.1, 0.15) is 31.2 Å². The van der Waals surface area contributed by atoms with Crippen molar-refractivity contribution in [2.45, 2.75) is 25.7 Å². The van der Waals surface area contributed by atoms with Crippen LogP contribution in [0.25, 0.3) is 0 Å². The third kappa shape index (κ3) is 2.92. The number of hydrogen-bond acceptors (Lipinski definition) is 2. The largest absolute Gasteiger partial charge is 0.385 e. The summed E-state index contributed by atoms with van der Waals surface area (Å²) in [6.07, 6.45) is 5.84. The van der Waals surface area contributed by atoms with E-state index in [1.807, 2.05) is 37.3 Å². The lowest BCUT2D eigenvalue weighted by Crippen LogP contribution is -2.33. The first-order valence-corrected chi connectivity index (χ1v) is 6.54. The number of carbonyl (C=O) groups excluding carboxylic acids is 1. The summed E-state index contributed by atoms with van der Waals surface area (Å²) in [4.78, 5) is 12.2. The maximum atomic E-state index is 12.2. The Morgan fingerprint density at radius 1 is 1.50 bits per heavy atom. The van der Waals surface area contributed by atoms with Crippen LogP contribution in [0.5, 0.6) is 0 Å². The highest BCUT2D eigenvalue weighted by Crippen LogP contribution is 2.31. The van der Waals surface area contributed by atoms with Gasteiger partial charge in [-0.1, -0.05) is 30.4 Å². The van der Waals surface area contributed by atoms with E-state index in [2.05, 4.69) is 16.7 Å². The molecule has 1 atom stereocenters. The fraction of sp³-hybridized carbons (Fsp3) is 0.400. The maximum absolute atomic E-state index is 12.2. The normalized spacial score (nSPS) is 18.2. The van der Waals surface area contributed by atoms with Gasteiger partial charge in [0.1, 0.15) is 0 Å². The van der Waals surface area contributed by atoms with Crippen molar-refractivity contribution in [1.82, 2.24) is 5.32 Å². The van der Waals surface area contributed by atoms with Crippen LogP contribution in [-0.2, 0) is 4.79 Å². The molecule has 0 saturated heterocycles. The molecule has 1 amide bonds. The van der Waals surface area contributed by atoms with Gasteiger partial charge in [-0.25, -0.2) is 0 Å². The monoisotopic (exact) mass is 244 g/mol. The average molecular weight is 244 g/mol. The van der Waals surface area contributed by atoms with E-state index in [4.69, 9.17) is 0 Å². The predicted molar refractivity (Wildman–Crippen MR) is 74.7 cm³/mol. The van der Waals surface area contributed by atoms with E-state index in [1.54, 1.807) is 0 Å². The van der Waals surface area contributed by atoms with E-state index in [-0.39, 0.29) is 11.8 Å². The Kier molecular flexibility index (Phi) is 4.40. The standard InChI is InChI=1S/C15H20N2O/c1-2-3-6-10-17-15(18)13-9-11-16-14-8-5-4-7-12(13)14/h2-5,7-8,13,16H,6,9-11H2,1H3,(H,17,18)/b3-2+. The zero-order valence-corrected chi connectivity index (χ0v) is 10.8. The highest BCUT2D eigenvalue weighted by atomic mass is 16.1. The Morgan fingerprint density at radius 2 is 2.33 bits per heavy atom. The minimum absolute atomic E-state index is 0.00643. The van der Waals surface area contributed by atoms with Gasteiger partial charge in [0, 0.05) is 18.8 Å². The maximum Gasteiger partial charge on any atom is 0.227 e. The second-order valence-electron chi connectivity index (χ2n) is 4.50. The molecular weight excluding hydrogens is 224 g/mol. The Bertz CT molecular complexity index is 440. The molecular formula is C15H20N2O. The summed E-state index contributed by atoms with van der Waals surface area (Å²) < 4.78 is 0. The summed E-state index contributed by atoms with van der Waals surface area (Å²) in [5.41, 5.74) is 2.21. The SMILES string of the molecule is C/C=C/CCNC(=O)C1CCNc2ccccc21. The number of benzene rings is 1. The van der Waals surface area contributed by atoms with Gasteiger partial charge in [0.05, 0.1) is 5.92 Å². The minimum Gasteiger partial charge on any atom is -0.385 e. The van der Waals surface area contributed by atoms with E-state index in [0.717, 1.165) is 37.2 Å². The molecule has 1 aromatic rings. The number of nitrogens with one attached hydrogen (secondary N) is 2. The lowest BCUT2D eigenvalue weighted by Gasteiger charge is -2.25. The van der Waals surface area contributed by atoms with Gasteiger partial charge in [0.15, 0.2) is 0 Å². The van der Waals surface area contributed by atoms with E-state index in [0.29, 0.717) is 0 Å². The van der Waals surface area contributed by atoms with Gasteiger partial charge in [-0.05, 0) is 31.4 Å². The van der Waals surface area contributed by atoms with Crippen molar-refractivity contribution < 1.29 is 4.79 Å². The quantitative estimate of drug-likeness (QED) is 0.631. The molecule has 1 aliphatic rings. The Hall–Kier alpha value is -1.77. The molecule has 0 saturated carbocycles. The molecule has 0 bridgehead atoms. The molecule has 1 unspecified atom stereocenters. The zero-order chi connectivity index (χ0) is 12.8. The van der Waals surface area contributed by atoms with Crippen LogP contribution in [0.15, 0.2) is 36.4 Å². The van der Waals surface area contributed by atoms with E-state index in [9.17, 15) is 4.79 Å². The van der Waals surface area contributed by atoms with Crippen LogP contribution < -0.4 is 10.6 Å². The number of allylic oxidation sites excluding steroid dienone is 1. The van der Waals surface area contributed by atoms with Crippen LogP contribution in [0.4, 0.5) is 5.69 Å². The summed E-state index contributed by atoms with van der Waals surface area (Å²) in [5.74, 6) is 0.140. The van der Waals surface area contributed by atoms with Gasteiger partial charge in [-0.3, -0.25) is 4.79 Å². The fourth-order valence-corrected chi connectivity index (χ4v) is 2.31. The molecule has 3 heteroatoms. The van der Waals surface area contributed by atoms with Crippen molar-refractivity contribution >= 4 is 11.6 Å².